The molecule has 0 aliphatic carbocycles. The molecule has 2 aromatic rings. The summed E-state index contributed by atoms with van der Waals surface area (Å²) in [6.07, 6.45) is 0. The molecule has 0 spiro atoms. The molecule has 112 valence electrons. The van der Waals surface area contributed by atoms with Gasteiger partial charge < -0.3 is 4.74 Å². The fourth-order valence-electron chi connectivity index (χ4n) is 2.23. The van der Waals surface area contributed by atoms with Crippen molar-refractivity contribution in [1.29, 1.82) is 0 Å². The molecule has 0 aliphatic rings. The third-order valence-corrected chi connectivity index (χ3v) is 4.79. The molecule has 0 radical (unpaired) electrons. The molecule has 0 amide bonds. The van der Waals surface area contributed by atoms with E-state index in [1.807, 2.05) is 18.2 Å². The molecule has 2 rings (SSSR count). The van der Waals surface area contributed by atoms with Crippen molar-refractivity contribution >= 4 is 27.5 Å². The zero-order valence-electron chi connectivity index (χ0n) is 12.8. The predicted molar refractivity (Wildman–Crippen MR) is 93.9 cm³/mol. The number of halogens is 2. The fraction of sp³-hybridized carbons (Fsp3) is 0.333. The van der Waals surface area contributed by atoms with Crippen LogP contribution in [-0.2, 0) is 5.41 Å². The van der Waals surface area contributed by atoms with E-state index < -0.39 is 0 Å². The second kappa shape index (κ2) is 6.41. The van der Waals surface area contributed by atoms with Crippen LogP contribution in [0.4, 0.5) is 0 Å². The van der Waals surface area contributed by atoms with Crippen molar-refractivity contribution in [2.75, 3.05) is 7.11 Å². The van der Waals surface area contributed by atoms with E-state index in [0.717, 1.165) is 11.3 Å². The van der Waals surface area contributed by atoms with Crippen LogP contribution >= 0.6 is 27.5 Å². The van der Waals surface area contributed by atoms with E-state index in [9.17, 15) is 0 Å². The molecule has 0 N–H and O–H groups in total. The third kappa shape index (κ3) is 3.81. The summed E-state index contributed by atoms with van der Waals surface area (Å²) in [5.74, 6) is 0.834. The van der Waals surface area contributed by atoms with Gasteiger partial charge in [0.25, 0.3) is 0 Å². The van der Waals surface area contributed by atoms with E-state index >= 15 is 0 Å². The van der Waals surface area contributed by atoms with Crippen LogP contribution in [0.25, 0.3) is 0 Å². The number of hydrogen-bond donors (Lipinski definition) is 0. The van der Waals surface area contributed by atoms with E-state index in [1.165, 1.54) is 11.1 Å². The van der Waals surface area contributed by atoms with Crippen molar-refractivity contribution < 1.29 is 4.74 Å². The van der Waals surface area contributed by atoms with Crippen molar-refractivity contribution in [3.8, 4) is 5.75 Å². The molecule has 1 unspecified atom stereocenters. The Bertz CT molecular complexity index is 614. The summed E-state index contributed by atoms with van der Waals surface area (Å²) in [6.45, 7) is 6.65. The van der Waals surface area contributed by atoms with Gasteiger partial charge in [-0.1, -0.05) is 72.6 Å². The molecule has 0 aromatic heterocycles. The normalized spacial score (nSPS) is 13.0. The molecular formula is C18H20BrClO. The smallest absolute Gasteiger partial charge is 0.123 e. The minimum Gasteiger partial charge on any atom is -0.496 e. The van der Waals surface area contributed by atoms with Gasteiger partial charge in [-0.2, -0.15) is 0 Å². The standard InChI is InChI=1S/C18H20BrClO/c1-18(2,3)13-7-5-12(6-8-13)17(19)15-11-14(20)9-10-16(15)21-4/h5-11,17H,1-4H3. The average molecular weight is 368 g/mol. The predicted octanol–water partition coefficient (Wildman–Crippen LogP) is 6.13. The maximum Gasteiger partial charge on any atom is 0.123 e. The molecule has 1 atom stereocenters. The van der Waals surface area contributed by atoms with Gasteiger partial charge in [-0.3, -0.25) is 0 Å². The second-order valence-electron chi connectivity index (χ2n) is 6.12. The highest BCUT2D eigenvalue weighted by Crippen LogP contribution is 2.38. The van der Waals surface area contributed by atoms with E-state index in [0.29, 0.717) is 5.02 Å². The Morgan fingerprint density at radius 3 is 2.19 bits per heavy atom. The van der Waals surface area contributed by atoms with Gasteiger partial charge in [-0.05, 0) is 34.7 Å². The van der Waals surface area contributed by atoms with Gasteiger partial charge in [-0.25, -0.2) is 0 Å². The van der Waals surface area contributed by atoms with Crippen LogP contribution in [0.2, 0.25) is 5.02 Å². The highest BCUT2D eigenvalue weighted by atomic mass is 79.9. The van der Waals surface area contributed by atoms with Crippen LogP contribution in [0.15, 0.2) is 42.5 Å². The fourth-order valence-corrected chi connectivity index (χ4v) is 3.08. The van der Waals surface area contributed by atoms with E-state index in [2.05, 4.69) is 61.0 Å². The summed E-state index contributed by atoms with van der Waals surface area (Å²) >= 11 is 9.87. The zero-order chi connectivity index (χ0) is 15.6. The van der Waals surface area contributed by atoms with Gasteiger partial charge in [0.2, 0.25) is 0 Å². The first-order chi connectivity index (χ1) is 9.82. The summed E-state index contributed by atoms with van der Waals surface area (Å²) in [5.41, 5.74) is 3.70. The molecule has 0 fully saturated rings. The summed E-state index contributed by atoms with van der Waals surface area (Å²) in [5, 5.41) is 0.710. The lowest BCUT2D eigenvalue weighted by molar-refractivity contribution is 0.410. The van der Waals surface area contributed by atoms with Crippen molar-refractivity contribution in [2.45, 2.75) is 31.0 Å². The van der Waals surface area contributed by atoms with E-state index in [1.54, 1.807) is 7.11 Å². The summed E-state index contributed by atoms with van der Waals surface area (Å²) in [7, 11) is 1.68. The van der Waals surface area contributed by atoms with Crippen molar-refractivity contribution in [3.05, 3.63) is 64.2 Å². The van der Waals surface area contributed by atoms with Crippen LogP contribution in [0.3, 0.4) is 0 Å². The van der Waals surface area contributed by atoms with Crippen LogP contribution < -0.4 is 4.74 Å². The molecule has 0 heterocycles. The molecule has 0 aliphatic heterocycles. The Morgan fingerprint density at radius 1 is 1.05 bits per heavy atom. The molecule has 2 aromatic carbocycles. The first-order valence-electron chi connectivity index (χ1n) is 6.91. The Kier molecular flexibility index (Phi) is 5.00. The lowest BCUT2D eigenvalue weighted by Crippen LogP contribution is -2.10. The molecule has 3 heteroatoms. The van der Waals surface area contributed by atoms with Crippen molar-refractivity contribution in [2.24, 2.45) is 0 Å². The monoisotopic (exact) mass is 366 g/mol. The number of rotatable bonds is 3. The van der Waals surface area contributed by atoms with Crippen LogP contribution in [0.1, 0.15) is 42.3 Å². The SMILES string of the molecule is COc1ccc(Cl)cc1C(Br)c1ccc(C(C)(C)C)cc1. The van der Waals surface area contributed by atoms with Crippen molar-refractivity contribution in [3.63, 3.8) is 0 Å². The van der Waals surface area contributed by atoms with Gasteiger partial charge in [0.15, 0.2) is 0 Å². The molecule has 0 bridgehead atoms. The largest absolute Gasteiger partial charge is 0.496 e. The number of alkyl halides is 1. The maximum absolute atomic E-state index is 6.11. The molecular weight excluding hydrogens is 348 g/mol. The summed E-state index contributed by atoms with van der Waals surface area (Å²) in [6, 6.07) is 14.3. The third-order valence-electron chi connectivity index (χ3n) is 3.53. The summed E-state index contributed by atoms with van der Waals surface area (Å²) < 4.78 is 5.43. The van der Waals surface area contributed by atoms with Gasteiger partial charge >= 0.3 is 0 Å². The minimum atomic E-state index is 0.0557. The highest BCUT2D eigenvalue weighted by molar-refractivity contribution is 9.09. The quantitative estimate of drug-likeness (QED) is 0.593. The first-order valence-corrected chi connectivity index (χ1v) is 8.20. The Hall–Kier alpha value is -0.990. The lowest BCUT2D eigenvalue weighted by Gasteiger charge is -2.20. The van der Waals surface area contributed by atoms with Gasteiger partial charge in [0.05, 0.1) is 11.9 Å². The first kappa shape index (κ1) is 16.4. The Labute approximate surface area is 140 Å². The number of ether oxygens (including phenoxy) is 1. The van der Waals surface area contributed by atoms with E-state index in [4.69, 9.17) is 16.3 Å². The Morgan fingerprint density at radius 2 is 1.67 bits per heavy atom. The maximum atomic E-state index is 6.11. The minimum absolute atomic E-state index is 0.0557. The average Bonchev–Trinajstić information content (AvgIpc) is 2.45. The molecule has 0 saturated heterocycles. The van der Waals surface area contributed by atoms with Crippen LogP contribution in [-0.4, -0.2) is 7.11 Å². The van der Waals surface area contributed by atoms with Gasteiger partial charge in [0.1, 0.15) is 5.75 Å². The van der Waals surface area contributed by atoms with Crippen LogP contribution in [0.5, 0.6) is 5.75 Å². The number of benzene rings is 2. The van der Waals surface area contributed by atoms with Crippen LogP contribution in [0, 0.1) is 0 Å². The Balaban J connectivity index is 2.36. The zero-order valence-corrected chi connectivity index (χ0v) is 15.1. The number of methoxy groups -OCH3 is 1. The van der Waals surface area contributed by atoms with Gasteiger partial charge in [-0.15, -0.1) is 0 Å². The second-order valence-corrected chi connectivity index (χ2v) is 7.47. The topological polar surface area (TPSA) is 9.23 Å². The molecule has 0 saturated carbocycles. The van der Waals surface area contributed by atoms with E-state index in [-0.39, 0.29) is 10.2 Å². The molecule has 1 nitrogen and oxygen atoms in total. The lowest BCUT2D eigenvalue weighted by atomic mass is 9.86. The van der Waals surface area contributed by atoms with Gasteiger partial charge in [0, 0.05) is 10.6 Å². The summed E-state index contributed by atoms with van der Waals surface area (Å²) in [4.78, 5) is 0.0557. The molecule has 21 heavy (non-hydrogen) atoms. The number of hydrogen-bond acceptors (Lipinski definition) is 1. The highest BCUT2D eigenvalue weighted by Gasteiger charge is 2.18. The van der Waals surface area contributed by atoms with Crippen molar-refractivity contribution in [1.82, 2.24) is 0 Å².